The molecule has 2 heteroatoms. The fourth-order valence-corrected chi connectivity index (χ4v) is 4.04. The van der Waals surface area contributed by atoms with Crippen LogP contribution in [0, 0.1) is 6.92 Å². The summed E-state index contributed by atoms with van der Waals surface area (Å²) in [6.07, 6.45) is 22.7. The third-order valence-corrected chi connectivity index (χ3v) is 5.87. The Balaban J connectivity index is 1.69. The van der Waals surface area contributed by atoms with Crippen molar-refractivity contribution >= 4 is 11.3 Å². The van der Waals surface area contributed by atoms with Crippen molar-refractivity contribution in [1.82, 2.24) is 0 Å². The summed E-state index contributed by atoms with van der Waals surface area (Å²) < 4.78 is 5.76. The van der Waals surface area contributed by atoms with Gasteiger partial charge in [-0.15, -0.1) is 11.3 Å². The molecule has 1 nitrogen and oxygen atoms in total. The highest BCUT2D eigenvalue weighted by molar-refractivity contribution is 7.13. The van der Waals surface area contributed by atoms with E-state index in [9.17, 15) is 0 Å². The van der Waals surface area contributed by atoms with Crippen molar-refractivity contribution in [3.05, 3.63) is 17.0 Å². The summed E-state index contributed by atoms with van der Waals surface area (Å²) in [6, 6.07) is 4.22. The van der Waals surface area contributed by atoms with Gasteiger partial charge in [0, 0.05) is 4.88 Å². The zero-order valence-electron chi connectivity index (χ0n) is 17.0. The second-order valence-corrected chi connectivity index (χ2v) is 8.77. The quantitative estimate of drug-likeness (QED) is 0.236. The van der Waals surface area contributed by atoms with E-state index in [1.807, 2.05) is 0 Å². The van der Waals surface area contributed by atoms with Gasteiger partial charge in [0.15, 0.2) is 5.06 Å². The Morgan fingerprint density at radius 1 is 0.640 bits per heavy atom. The molecule has 0 aliphatic carbocycles. The molecule has 0 unspecified atom stereocenters. The van der Waals surface area contributed by atoms with Crippen LogP contribution in [0.2, 0.25) is 0 Å². The van der Waals surface area contributed by atoms with Gasteiger partial charge < -0.3 is 4.74 Å². The van der Waals surface area contributed by atoms with Crippen molar-refractivity contribution in [2.75, 3.05) is 6.61 Å². The lowest BCUT2D eigenvalue weighted by Gasteiger charge is -2.04. The molecule has 0 aliphatic heterocycles. The molecule has 0 atom stereocenters. The third-order valence-electron chi connectivity index (χ3n) is 4.96. The van der Waals surface area contributed by atoms with Gasteiger partial charge in [-0.3, -0.25) is 0 Å². The molecule has 0 bridgehead atoms. The molecule has 146 valence electrons. The first kappa shape index (κ1) is 22.5. The van der Waals surface area contributed by atoms with Gasteiger partial charge in [-0.2, -0.15) is 0 Å². The molecule has 0 radical (unpaired) electrons. The molecule has 0 fully saturated rings. The number of aryl methyl sites for hydroxylation is 1. The first-order chi connectivity index (χ1) is 12.3. The van der Waals surface area contributed by atoms with Crippen LogP contribution in [0.1, 0.15) is 115 Å². The normalized spacial score (nSPS) is 11.1. The number of rotatable bonds is 18. The van der Waals surface area contributed by atoms with Crippen LogP contribution in [0.4, 0.5) is 0 Å². The Morgan fingerprint density at radius 2 is 1.08 bits per heavy atom. The van der Waals surface area contributed by atoms with Gasteiger partial charge in [-0.25, -0.2) is 0 Å². The number of unbranched alkanes of at least 4 members (excludes halogenated alkanes) is 15. The summed E-state index contributed by atoms with van der Waals surface area (Å²) in [5.41, 5.74) is 0. The fraction of sp³-hybridized carbons (Fsp3) is 0.826. The molecule has 1 aromatic heterocycles. The van der Waals surface area contributed by atoms with E-state index < -0.39 is 0 Å². The molecule has 0 saturated heterocycles. The van der Waals surface area contributed by atoms with Crippen LogP contribution in [0.25, 0.3) is 0 Å². The van der Waals surface area contributed by atoms with Crippen LogP contribution in [-0.4, -0.2) is 6.61 Å². The predicted molar refractivity (Wildman–Crippen MR) is 114 cm³/mol. The maximum absolute atomic E-state index is 5.76. The molecule has 0 aromatic carbocycles. The molecule has 0 saturated carbocycles. The minimum absolute atomic E-state index is 0.887. The maximum Gasteiger partial charge on any atom is 0.173 e. The van der Waals surface area contributed by atoms with E-state index in [0.717, 1.165) is 11.7 Å². The number of hydrogen-bond donors (Lipinski definition) is 0. The summed E-state index contributed by atoms with van der Waals surface area (Å²) in [7, 11) is 0. The Hall–Kier alpha value is -0.500. The van der Waals surface area contributed by atoms with E-state index in [1.165, 1.54) is 108 Å². The lowest BCUT2D eigenvalue weighted by atomic mass is 10.0. The summed E-state index contributed by atoms with van der Waals surface area (Å²) in [5, 5.41) is 1.08. The zero-order valence-corrected chi connectivity index (χ0v) is 17.8. The van der Waals surface area contributed by atoms with E-state index in [-0.39, 0.29) is 0 Å². The number of hydrogen-bond acceptors (Lipinski definition) is 2. The van der Waals surface area contributed by atoms with Crippen molar-refractivity contribution < 1.29 is 4.74 Å². The zero-order chi connectivity index (χ0) is 18.0. The van der Waals surface area contributed by atoms with Gasteiger partial charge in [0.25, 0.3) is 0 Å². The van der Waals surface area contributed by atoms with Crippen molar-refractivity contribution in [2.45, 2.75) is 117 Å². The molecule has 0 spiro atoms. The van der Waals surface area contributed by atoms with Gasteiger partial charge in [0.2, 0.25) is 0 Å². The van der Waals surface area contributed by atoms with Crippen LogP contribution in [0.3, 0.4) is 0 Å². The van der Waals surface area contributed by atoms with E-state index in [2.05, 4.69) is 26.0 Å². The van der Waals surface area contributed by atoms with Crippen LogP contribution in [-0.2, 0) is 0 Å². The van der Waals surface area contributed by atoms with Gasteiger partial charge in [-0.1, -0.05) is 103 Å². The average molecular weight is 367 g/mol. The first-order valence-corrected chi connectivity index (χ1v) is 11.8. The largest absolute Gasteiger partial charge is 0.484 e. The topological polar surface area (TPSA) is 9.23 Å². The second kappa shape index (κ2) is 16.9. The highest BCUT2D eigenvalue weighted by Crippen LogP contribution is 2.23. The van der Waals surface area contributed by atoms with Gasteiger partial charge in [0.1, 0.15) is 0 Å². The van der Waals surface area contributed by atoms with Gasteiger partial charge >= 0.3 is 0 Å². The van der Waals surface area contributed by atoms with Crippen molar-refractivity contribution in [2.24, 2.45) is 0 Å². The van der Waals surface area contributed by atoms with E-state index in [0.29, 0.717) is 0 Å². The molecule has 0 N–H and O–H groups in total. The third kappa shape index (κ3) is 14.4. The number of thiophene rings is 1. The van der Waals surface area contributed by atoms with E-state index in [1.54, 1.807) is 11.3 Å². The summed E-state index contributed by atoms with van der Waals surface area (Å²) in [5.74, 6) is 0. The molecule has 25 heavy (non-hydrogen) atoms. The molecule has 1 rings (SSSR count). The first-order valence-electron chi connectivity index (χ1n) is 11.0. The molecule has 0 amide bonds. The minimum Gasteiger partial charge on any atom is -0.484 e. The summed E-state index contributed by atoms with van der Waals surface area (Å²) in [6.45, 7) is 5.31. The van der Waals surface area contributed by atoms with E-state index in [4.69, 9.17) is 4.74 Å². The highest BCUT2D eigenvalue weighted by Gasteiger charge is 1.97. The molecule has 0 aliphatic rings. The number of ether oxygens (including phenoxy) is 1. The van der Waals surface area contributed by atoms with Gasteiger partial charge in [-0.05, 0) is 25.5 Å². The fourth-order valence-electron chi connectivity index (χ4n) is 3.31. The molecule has 1 heterocycles. The predicted octanol–water partition coefficient (Wildman–Crippen LogP) is 8.70. The van der Waals surface area contributed by atoms with Crippen LogP contribution >= 0.6 is 11.3 Å². The lowest BCUT2D eigenvalue weighted by Crippen LogP contribution is -1.95. The monoisotopic (exact) mass is 366 g/mol. The Labute approximate surface area is 161 Å². The highest BCUT2D eigenvalue weighted by atomic mass is 32.1. The molecule has 1 aromatic rings. The standard InChI is InChI=1S/C23H42OS/c1-3-4-5-6-7-8-9-10-11-12-13-14-15-16-17-18-21-24-23-20-19-22(2)25-23/h19-20H,3-18,21H2,1-2H3. The lowest BCUT2D eigenvalue weighted by molar-refractivity contribution is 0.312. The SMILES string of the molecule is CCCCCCCCCCCCCCCCCCOc1ccc(C)s1. The summed E-state index contributed by atoms with van der Waals surface area (Å²) in [4.78, 5) is 1.34. The molecular weight excluding hydrogens is 324 g/mol. The average Bonchev–Trinajstić information content (AvgIpc) is 3.03. The van der Waals surface area contributed by atoms with Crippen LogP contribution < -0.4 is 4.74 Å². The minimum atomic E-state index is 0.887. The Bertz CT molecular complexity index is 385. The molecular formula is C23H42OS. The van der Waals surface area contributed by atoms with Gasteiger partial charge in [0.05, 0.1) is 6.61 Å². The van der Waals surface area contributed by atoms with Crippen LogP contribution in [0.5, 0.6) is 5.06 Å². The summed E-state index contributed by atoms with van der Waals surface area (Å²) >= 11 is 1.75. The van der Waals surface area contributed by atoms with Crippen LogP contribution in [0.15, 0.2) is 12.1 Å². The Kier molecular flexibility index (Phi) is 15.3. The maximum atomic E-state index is 5.76. The van der Waals surface area contributed by atoms with Crippen molar-refractivity contribution in [3.8, 4) is 5.06 Å². The van der Waals surface area contributed by atoms with Crippen molar-refractivity contribution in [3.63, 3.8) is 0 Å². The smallest absolute Gasteiger partial charge is 0.173 e. The van der Waals surface area contributed by atoms with E-state index >= 15 is 0 Å². The van der Waals surface area contributed by atoms with Crippen molar-refractivity contribution in [1.29, 1.82) is 0 Å². The Morgan fingerprint density at radius 3 is 1.48 bits per heavy atom. The second-order valence-electron chi connectivity index (χ2n) is 7.52.